The number of hydrogen-bond donors (Lipinski definition) is 1. The van der Waals surface area contributed by atoms with E-state index in [0.717, 1.165) is 30.8 Å². The van der Waals surface area contributed by atoms with E-state index in [-0.39, 0.29) is 11.8 Å². The van der Waals surface area contributed by atoms with Gasteiger partial charge in [0.2, 0.25) is 5.91 Å². The molecule has 2 aromatic rings. The van der Waals surface area contributed by atoms with E-state index in [0.29, 0.717) is 28.2 Å². The van der Waals surface area contributed by atoms with Crippen LogP contribution in [0.4, 0.5) is 0 Å². The highest BCUT2D eigenvalue weighted by Crippen LogP contribution is 2.31. The first-order valence-electron chi connectivity index (χ1n) is 8.67. The lowest BCUT2D eigenvalue weighted by atomic mass is 9.98. The van der Waals surface area contributed by atoms with Crippen molar-refractivity contribution in [3.8, 4) is 11.5 Å². The lowest BCUT2D eigenvalue weighted by Crippen LogP contribution is -2.52. The number of amides is 1. The van der Waals surface area contributed by atoms with Gasteiger partial charge in [0.1, 0.15) is 6.61 Å². The monoisotopic (exact) mass is 408 g/mol. The van der Waals surface area contributed by atoms with Crippen molar-refractivity contribution >= 4 is 29.1 Å². The first-order chi connectivity index (χ1) is 13.0. The Morgan fingerprint density at radius 1 is 1.19 bits per heavy atom. The second-order valence-electron chi connectivity index (χ2n) is 6.51. The molecule has 1 aliphatic rings. The van der Waals surface area contributed by atoms with E-state index in [1.807, 2.05) is 24.3 Å². The zero-order chi connectivity index (χ0) is 19.4. The smallest absolute Gasteiger partial charge is 0.225 e. The normalized spacial score (nSPS) is 14.5. The van der Waals surface area contributed by atoms with E-state index in [4.69, 9.17) is 32.7 Å². The van der Waals surface area contributed by atoms with Crippen molar-refractivity contribution in [2.24, 2.45) is 5.92 Å². The van der Waals surface area contributed by atoms with Gasteiger partial charge in [-0.15, -0.1) is 0 Å². The van der Waals surface area contributed by atoms with Gasteiger partial charge in [-0.05, 0) is 29.8 Å². The standard InChI is InChI=1S/C20H22Cl2N2O3/c1-23-20(25)15-10-24(11-15)9-13-3-6-18(19(7-13)26-2)27-12-14-4-5-16(21)8-17(14)22/h3-8,15H,9-12H2,1-2H3,(H,23,25). The fourth-order valence-corrected chi connectivity index (χ4v) is 3.51. The van der Waals surface area contributed by atoms with E-state index in [9.17, 15) is 4.79 Å². The molecule has 144 valence electrons. The average Bonchev–Trinajstić information content (AvgIpc) is 2.63. The maximum atomic E-state index is 11.6. The van der Waals surface area contributed by atoms with E-state index < -0.39 is 0 Å². The van der Waals surface area contributed by atoms with Crippen molar-refractivity contribution in [3.63, 3.8) is 0 Å². The number of carbonyl (C=O) groups excluding carboxylic acids is 1. The van der Waals surface area contributed by atoms with Crippen molar-refractivity contribution in [3.05, 3.63) is 57.6 Å². The molecular formula is C20H22Cl2N2O3. The van der Waals surface area contributed by atoms with Gasteiger partial charge in [-0.25, -0.2) is 0 Å². The van der Waals surface area contributed by atoms with Gasteiger partial charge < -0.3 is 14.8 Å². The minimum absolute atomic E-state index is 0.0867. The molecule has 1 heterocycles. The largest absolute Gasteiger partial charge is 0.493 e. The summed E-state index contributed by atoms with van der Waals surface area (Å²) in [4.78, 5) is 13.8. The number of nitrogens with zero attached hydrogens (tertiary/aromatic N) is 1. The predicted octanol–water partition coefficient (Wildman–Crippen LogP) is 3.76. The molecule has 0 saturated carbocycles. The highest BCUT2D eigenvalue weighted by Gasteiger charge is 2.31. The fourth-order valence-electron chi connectivity index (χ4n) is 3.05. The van der Waals surface area contributed by atoms with Gasteiger partial charge in [0.15, 0.2) is 11.5 Å². The third-order valence-electron chi connectivity index (χ3n) is 4.61. The Hall–Kier alpha value is -1.95. The Labute approximate surface area is 169 Å². The van der Waals surface area contributed by atoms with Crippen molar-refractivity contribution < 1.29 is 14.3 Å². The van der Waals surface area contributed by atoms with E-state index in [1.165, 1.54) is 0 Å². The van der Waals surface area contributed by atoms with Crippen molar-refractivity contribution in [1.82, 2.24) is 10.2 Å². The van der Waals surface area contributed by atoms with Crippen LogP contribution in [-0.4, -0.2) is 38.1 Å². The molecule has 0 bridgehead atoms. The Morgan fingerprint density at radius 3 is 2.63 bits per heavy atom. The van der Waals surface area contributed by atoms with Gasteiger partial charge in [-0.2, -0.15) is 0 Å². The summed E-state index contributed by atoms with van der Waals surface area (Å²) < 4.78 is 11.4. The molecule has 0 aromatic heterocycles. The fraction of sp³-hybridized carbons (Fsp3) is 0.350. The van der Waals surface area contributed by atoms with E-state index in [1.54, 1.807) is 26.3 Å². The van der Waals surface area contributed by atoms with Crippen LogP contribution < -0.4 is 14.8 Å². The van der Waals surface area contributed by atoms with Crippen molar-refractivity contribution in [2.75, 3.05) is 27.2 Å². The molecule has 5 nitrogen and oxygen atoms in total. The maximum Gasteiger partial charge on any atom is 0.225 e. The summed E-state index contributed by atoms with van der Waals surface area (Å²) in [7, 11) is 3.29. The maximum absolute atomic E-state index is 11.6. The molecule has 0 aliphatic carbocycles. The number of benzene rings is 2. The summed E-state index contributed by atoms with van der Waals surface area (Å²) in [6.07, 6.45) is 0. The lowest BCUT2D eigenvalue weighted by Gasteiger charge is -2.38. The Balaban J connectivity index is 1.60. The van der Waals surface area contributed by atoms with Crippen LogP contribution in [0.1, 0.15) is 11.1 Å². The number of methoxy groups -OCH3 is 1. The average molecular weight is 409 g/mol. The molecule has 1 fully saturated rings. The Kier molecular flexibility index (Phi) is 6.47. The quantitative estimate of drug-likeness (QED) is 0.757. The number of likely N-dealkylation sites (tertiary alicyclic amines) is 1. The number of nitrogens with one attached hydrogen (secondary N) is 1. The molecule has 1 N–H and O–H groups in total. The molecule has 7 heteroatoms. The van der Waals surface area contributed by atoms with Crippen LogP contribution in [0, 0.1) is 5.92 Å². The molecule has 3 rings (SSSR count). The molecular weight excluding hydrogens is 387 g/mol. The van der Waals surface area contributed by atoms with Gasteiger partial charge in [-0.3, -0.25) is 9.69 Å². The third-order valence-corrected chi connectivity index (χ3v) is 5.19. The van der Waals surface area contributed by atoms with Crippen LogP contribution in [0.5, 0.6) is 11.5 Å². The molecule has 1 saturated heterocycles. The topological polar surface area (TPSA) is 50.8 Å². The van der Waals surface area contributed by atoms with Gasteiger partial charge in [-0.1, -0.05) is 35.3 Å². The van der Waals surface area contributed by atoms with Crippen molar-refractivity contribution in [1.29, 1.82) is 0 Å². The van der Waals surface area contributed by atoms with Crippen LogP contribution in [0.25, 0.3) is 0 Å². The minimum atomic E-state index is 0.0867. The summed E-state index contributed by atoms with van der Waals surface area (Å²) >= 11 is 12.1. The number of rotatable bonds is 7. The molecule has 1 aliphatic heterocycles. The van der Waals surface area contributed by atoms with Crippen LogP contribution in [0.2, 0.25) is 10.0 Å². The Bertz CT molecular complexity index is 823. The van der Waals surface area contributed by atoms with Crippen LogP contribution in [-0.2, 0) is 17.9 Å². The Morgan fingerprint density at radius 2 is 1.96 bits per heavy atom. The summed E-state index contributed by atoms with van der Waals surface area (Å²) in [5.74, 6) is 1.51. The first-order valence-corrected chi connectivity index (χ1v) is 9.43. The van der Waals surface area contributed by atoms with Gasteiger partial charge in [0, 0.05) is 42.3 Å². The lowest BCUT2D eigenvalue weighted by molar-refractivity contribution is -0.129. The molecule has 0 spiro atoms. The highest BCUT2D eigenvalue weighted by molar-refractivity contribution is 6.35. The second kappa shape index (κ2) is 8.83. The van der Waals surface area contributed by atoms with E-state index >= 15 is 0 Å². The number of hydrogen-bond acceptors (Lipinski definition) is 4. The minimum Gasteiger partial charge on any atom is -0.493 e. The summed E-state index contributed by atoms with van der Waals surface area (Å²) in [6, 6.07) is 11.2. The van der Waals surface area contributed by atoms with Gasteiger partial charge >= 0.3 is 0 Å². The molecule has 0 atom stereocenters. The van der Waals surface area contributed by atoms with E-state index in [2.05, 4.69) is 10.2 Å². The highest BCUT2D eigenvalue weighted by atomic mass is 35.5. The van der Waals surface area contributed by atoms with Crippen molar-refractivity contribution in [2.45, 2.75) is 13.2 Å². The molecule has 0 radical (unpaired) electrons. The zero-order valence-electron chi connectivity index (χ0n) is 15.3. The molecule has 0 unspecified atom stereocenters. The second-order valence-corrected chi connectivity index (χ2v) is 7.36. The number of carbonyl (C=O) groups is 1. The summed E-state index contributed by atoms with van der Waals surface area (Å²) in [6.45, 7) is 2.64. The SMILES string of the molecule is CNC(=O)C1CN(Cc2ccc(OCc3ccc(Cl)cc3Cl)c(OC)c2)C1. The van der Waals surface area contributed by atoms with Gasteiger partial charge in [0.25, 0.3) is 0 Å². The summed E-state index contributed by atoms with van der Waals surface area (Å²) in [5.41, 5.74) is 1.96. The molecule has 1 amide bonds. The zero-order valence-corrected chi connectivity index (χ0v) is 16.8. The molecule has 27 heavy (non-hydrogen) atoms. The summed E-state index contributed by atoms with van der Waals surface area (Å²) in [5, 5.41) is 3.86. The molecule has 2 aromatic carbocycles. The van der Waals surface area contributed by atoms with Gasteiger partial charge in [0.05, 0.1) is 13.0 Å². The van der Waals surface area contributed by atoms with Crippen LogP contribution >= 0.6 is 23.2 Å². The third kappa shape index (κ3) is 4.86. The number of ether oxygens (including phenoxy) is 2. The van der Waals surface area contributed by atoms with Crippen LogP contribution in [0.3, 0.4) is 0 Å². The van der Waals surface area contributed by atoms with Crippen LogP contribution in [0.15, 0.2) is 36.4 Å². The first kappa shape index (κ1) is 19.8. The number of halogens is 2. The predicted molar refractivity (Wildman–Crippen MR) is 107 cm³/mol.